The molecule has 0 saturated carbocycles. The Morgan fingerprint density at radius 3 is 1.47 bits per heavy atom. The van der Waals surface area contributed by atoms with Crippen LogP contribution < -0.4 is 26.2 Å². The number of rotatable bonds is 3. The molecule has 0 spiro atoms. The highest BCUT2D eigenvalue weighted by Gasteiger charge is 2.43. The molecule has 0 bridgehead atoms. The van der Waals surface area contributed by atoms with Crippen molar-refractivity contribution in [1.29, 1.82) is 0 Å². The van der Waals surface area contributed by atoms with Crippen LogP contribution in [0.15, 0.2) is 164 Å². The van der Waals surface area contributed by atoms with Crippen LogP contribution in [0.2, 0.25) is 0 Å². The topological polar surface area (TPSA) is 6.48 Å². The van der Waals surface area contributed by atoms with Crippen LogP contribution in [0.5, 0.6) is 0 Å². The molecule has 2 aliphatic rings. The molecule has 2 aliphatic heterocycles. The lowest BCUT2D eigenvalue weighted by Crippen LogP contribution is -2.61. The first-order chi connectivity index (χ1) is 26.9. The molecule has 2 nitrogen and oxygen atoms in total. The van der Waals surface area contributed by atoms with Crippen molar-refractivity contribution in [1.82, 2.24) is 0 Å². The van der Waals surface area contributed by atoms with Gasteiger partial charge < -0.3 is 9.80 Å². The van der Waals surface area contributed by atoms with Gasteiger partial charge in [-0.3, -0.25) is 0 Å². The number of fused-ring (bicyclic) bond motifs is 10. The molecule has 55 heavy (non-hydrogen) atoms. The van der Waals surface area contributed by atoms with Crippen LogP contribution in [0.4, 0.5) is 34.1 Å². The van der Waals surface area contributed by atoms with Gasteiger partial charge in [0.15, 0.2) is 0 Å². The zero-order valence-electron chi connectivity index (χ0n) is 31.6. The molecular formula is C52H39BN2. The Balaban J connectivity index is 1.14. The van der Waals surface area contributed by atoms with Crippen molar-refractivity contribution in [3.05, 3.63) is 186 Å². The van der Waals surface area contributed by atoms with Gasteiger partial charge >= 0.3 is 0 Å². The van der Waals surface area contributed by atoms with Crippen LogP contribution in [0, 0.1) is 27.7 Å². The van der Waals surface area contributed by atoms with Gasteiger partial charge in [0.2, 0.25) is 0 Å². The van der Waals surface area contributed by atoms with Gasteiger partial charge in [-0.2, -0.15) is 0 Å². The van der Waals surface area contributed by atoms with Crippen LogP contribution in [0.1, 0.15) is 22.3 Å². The molecule has 260 valence electrons. The summed E-state index contributed by atoms with van der Waals surface area (Å²) < 4.78 is 0. The number of hydrogen-bond donors (Lipinski definition) is 0. The Morgan fingerprint density at radius 1 is 0.364 bits per heavy atom. The van der Waals surface area contributed by atoms with Gasteiger partial charge in [-0.1, -0.05) is 126 Å². The zero-order valence-corrected chi connectivity index (χ0v) is 31.6. The number of nitrogens with zero attached hydrogens (tertiary/aromatic N) is 2. The van der Waals surface area contributed by atoms with Crippen molar-refractivity contribution in [2.75, 3.05) is 9.80 Å². The monoisotopic (exact) mass is 702 g/mol. The maximum absolute atomic E-state index is 2.52. The second kappa shape index (κ2) is 12.0. The Hall–Kier alpha value is -6.58. The van der Waals surface area contributed by atoms with E-state index in [2.05, 4.69) is 201 Å². The van der Waals surface area contributed by atoms with Gasteiger partial charge in [-0.05, 0) is 148 Å². The molecule has 0 amide bonds. The molecule has 0 saturated heterocycles. The van der Waals surface area contributed by atoms with E-state index >= 15 is 0 Å². The van der Waals surface area contributed by atoms with Crippen molar-refractivity contribution in [3.8, 4) is 11.1 Å². The quantitative estimate of drug-likeness (QED) is 0.134. The standard InChI is InChI=1S/C52H39BN2/c1-32-16-22-37(23-17-32)54-48-26-18-33(2)28-46(48)53-47-29-34(3)19-27-49(47)55(51-15-9-14-50(54)52(51)53)38-24-20-35(4)44(31-38)36-21-25-43-41-12-6-5-10-39(41)40-11-7-8-13-42(40)45(43)30-36/h5-31H,1-4H3. The van der Waals surface area contributed by atoms with Gasteiger partial charge in [-0.25, -0.2) is 0 Å². The highest BCUT2D eigenvalue weighted by molar-refractivity contribution is 7.00. The predicted molar refractivity (Wildman–Crippen MR) is 237 cm³/mol. The summed E-state index contributed by atoms with van der Waals surface area (Å²) in [6.07, 6.45) is 0. The largest absolute Gasteiger partial charge is 0.311 e. The number of anilines is 6. The average molecular weight is 703 g/mol. The van der Waals surface area contributed by atoms with Crippen molar-refractivity contribution in [2.45, 2.75) is 27.7 Å². The number of benzene rings is 9. The fourth-order valence-electron chi connectivity index (χ4n) is 9.57. The molecule has 9 aromatic carbocycles. The summed E-state index contributed by atoms with van der Waals surface area (Å²) in [6.45, 7) is 8.96. The normalized spacial score (nSPS) is 13.0. The van der Waals surface area contributed by atoms with E-state index < -0.39 is 0 Å². The Bertz CT molecular complexity index is 3020. The summed E-state index contributed by atoms with van der Waals surface area (Å²) in [4.78, 5) is 5.00. The van der Waals surface area contributed by atoms with E-state index in [1.54, 1.807) is 0 Å². The molecule has 0 atom stereocenters. The van der Waals surface area contributed by atoms with E-state index in [-0.39, 0.29) is 6.71 Å². The third-order valence-electron chi connectivity index (χ3n) is 12.1. The minimum atomic E-state index is 0.113. The molecule has 0 N–H and O–H groups in total. The summed E-state index contributed by atoms with van der Waals surface area (Å²) >= 11 is 0. The lowest BCUT2D eigenvalue weighted by Gasteiger charge is -2.44. The first-order valence-corrected chi connectivity index (χ1v) is 19.4. The van der Waals surface area contributed by atoms with E-state index in [1.165, 1.54) is 111 Å². The molecule has 0 unspecified atom stereocenters. The van der Waals surface area contributed by atoms with Crippen LogP contribution in [0.25, 0.3) is 43.4 Å². The average Bonchev–Trinajstić information content (AvgIpc) is 3.21. The van der Waals surface area contributed by atoms with Crippen molar-refractivity contribution in [2.24, 2.45) is 0 Å². The van der Waals surface area contributed by atoms with Crippen molar-refractivity contribution < 1.29 is 0 Å². The van der Waals surface area contributed by atoms with Gasteiger partial charge in [0.25, 0.3) is 6.71 Å². The van der Waals surface area contributed by atoms with E-state index in [1.807, 2.05) is 0 Å². The Kier molecular flexibility index (Phi) is 6.94. The van der Waals surface area contributed by atoms with Gasteiger partial charge in [0, 0.05) is 34.1 Å². The third-order valence-corrected chi connectivity index (χ3v) is 12.1. The first kappa shape index (κ1) is 31.9. The van der Waals surface area contributed by atoms with E-state index in [4.69, 9.17) is 0 Å². The molecule has 9 aromatic rings. The number of hydrogen-bond acceptors (Lipinski definition) is 2. The van der Waals surface area contributed by atoms with Crippen molar-refractivity contribution >= 4 is 89.5 Å². The smallest absolute Gasteiger partial charge is 0.252 e. The van der Waals surface area contributed by atoms with Gasteiger partial charge in [-0.15, -0.1) is 0 Å². The molecule has 3 heteroatoms. The maximum Gasteiger partial charge on any atom is 0.252 e. The maximum atomic E-state index is 2.52. The summed E-state index contributed by atoms with van der Waals surface area (Å²) in [7, 11) is 0. The molecule has 2 heterocycles. The minimum absolute atomic E-state index is 0.113. The minimum Gasteiger partial charge on any atom is -0.311 e. The van der Waals surface area contributed by atoms with Crippen LogP contribution in [0.3, 0.4) is 0 Å². The lowest BCUT2D eigenvalue weighted by atomic mass is 9.33. The fraction of sp³-hybridized carbons (Fsp3) is 0.0769. The second-order valence-electron chi connectivity index (χ2n) is 15.6. The third kappa shape index (κ3) is 4.76. The second-order valence-corrected chi connectivity index (χ2v) is 15.6. The molecular weight excluding hydrogens is 663 g/mol. The van der Waals surface area contributed by atoms with Crippen molar-refractivity contribution in [3.63, 3.8) is 0 Å². The summed E-state index contributed by atoms with van der Waals surface area (Å²) in [5.74, 6) is 0. The van der Waals surface area contributed by atoms with Crippen LogP contribution in [-0.4, -0.2) is 6.71 Å². The van der Waals surface area contributed by atoms with Crippen LogP contribution >= 0.6 is 0 Å². The van der Waals surface area contributed by atoms with E-state index in [0.29, 0.717) is 0 Å². The fourth-order valence-corrected chi connectivity index (χ4v) is 9.57. The molecule has 11 rings (SSSR count). The molecule has 0 fully saturated rings. The predicted octanol–water partition coefficient (Wildman–Crippen LogP) is 12.1. The first-order valence-electron chi connectivity index (χ1n) is 19.4. The highest BCUT2D eigenvalue weighted by atomic mass is 15.2. The van der Waals surface area contributed by atoms with Gasteiger partial charge in [0.1, 0.15) is 0 Å². The van der Waals surface area contributed by atoms with E-state index in [0.717, 1.165) is 5.69 Å². The summed E-state index contributed by atoms with van der Waals surface area (Å²) in [6, 6.07) is 61.7. The SMILES string of the molecule is Cc1ccc(N2c3ccc(C)cc3B3c4cc(C)ccc4N(c4ccc(C)c(-c5ccc6c7ccccc7c7ccccc7c6c5)c4)c4cccc2c43)cc1. The van der Waals surface area contributed by atoms with Gasteiger partial charge in [0.05, 0.1) is 0 Å². The summed E-state index contributed by atoms with van der Waals surface area (Å²) in [5.41, 5.74) is 18.9. The zero-order chi connectivity index (χ0) is 36.9. The van der Waals surface area contributed by atoms with E-state index in [9.17, 15) is 0 Å². The highest BCUT2D eigenvalue weighted by Crippen LogP contribution is 2.45. The van der Waals surface area contributed by atoms with Crippen LogP contribution in [-0.2, 0) is 0 Å². The lowest BCUT2D eigenvalue weighted by molar-refractivity contribution is 1.24. The number of aryl methyl sites for hydroxylation is 4. The molecule has 0 radical (unpaired) electrons. The summed E-state index contributed by atoms with van der Waals surface area (Å²) in [5, 5.41) is 7.78. The Morgan fingerprint density at radius 2 is 0.873 bits per heavy atom. The molecule has 0 aliphatic carbocycles. The molecule has 0 aromatic heterocycles. The Labute approximate surface area is 323 Å².